The number of aliphatic hydroxyl groups excluding tert-OH is 1. The summed E-state index contributed by atoms with van der Waals surface area (Å²) in [5.41, 5.74) is -0.0291. The van der Waals surface area contributed by atoms with E-state index in [0.29, 0.717) is 0 Å². The van der Waals surface area contributed by atoms with E-state index in [1.807, 2.05) is 30.3 Å². The predicted octanol–water partition coefficient (Wildman–Crippen LogP) is 3.50. The number of alkyl halides is 3. The van der Waals surface area contributed by atoms with Crippen LogP contribution in [0.25, 0.3) is 6.08 Å². The van der Waals surface area contributed by atoms with Gasteiger partial charge in [0.05, 0.1) is 12.7 Å². The number of carbonyl (C=O) groups is 2. The second kappa shape index (κ2) is 9.88. The lowest BCUT2D eigenvalue weighted by molar-refractivity contribution is -0.146. The first-order valence-electron chi connectivity index (χ1n) is 8.67. The van der Waals surface area contributed by atoms with E-state index in [-0.39, 0.29) is 12.0 Å². The third-order valence-electron chi connectivity index (χ3n) is 4.09. The van der Waals surface area contributed by atoms with Crippen molar-refractivity contribution in [3.63, 3.8) is 0 Å². The number of aliphatic hydroxyl groups is 1. The quantitative estimate of drug-likeness (QED) is 0.689. The Balaban J connectivity index is 2.04. The highest BCUT2D eigenvalue weighted by molar-refractivity contribution is 5.87. The minimum Gasteiger partial charge on any atom is -0.467 e. The van der Waals surface area contributed by atoms with Gasteiger partial charge in [0, 0.05) is 0 Å². The number of benzene rings is 2. The van der Waals surface area contributed by atoms with Gasteiger partial charge < -0.3 is 15.2 Å². The highest BCUT2D eigenvalue weighted by Crippen LogP contribution is 2.30. The molecule has 154 valence electrons. The number of amides is 1. The zero-order valence-electron chi connectivity index (χ0n) is 15.5. The Labute approximate surface area is 165 Å². The average molecular weight is 407 g/mol. The van der Waals surface area contributed by atoms with Crippen molar-refractivity contribution in [1.29, 1.82) is 0 Å². The van der Waals surface area contributed by atoms with Gasteiger partial charge in [-0.25, -0.2) is 4.79 Å². The number of hydrogen-bond acceptors (Lipinski definition) is 4. The van der Waals surface area contributed by atoms with Crippen LogP contribution in [0, 0.1) is 0 Å². The summed E-state index contributed by atoms with van der Waals surface area (Å²) in [7, 11) is 1.16. The zero-order chi connectivity index (χ0) is 21.4. The van der Waals surface area contributed by atoms with Crippen LogP contribution >= 0.6 is 0 Å². The molecular formula is C21H20F3NO4. The summed E-state index contributed by atoms with van der Waals surface area (Å²) in [5.74, 6) is -1.64. The lowest BCUT2D eigenvalue weighted by Crippen LogP contribution is -2.43. The van der Waals surface area contributed by atoms with Crippen molar-refractivity contribution in [2.24, 2.45) is 0 Å². The molecule has 0 aliphatic rings. The normalized spacial score (nSPS) is 13.7. The van der Waals surface area contributed by atoms with Crippen LogP contribution in [-0.2, 0) is 20.5 Å². The van der Waals surface area contributed by atoms with E-state index in [9.17, 15) is 27.9 Å². The van der Waals surface area contributed by atoms with Gasteiger partial charge in [0.2, 0.25) is 0 Å². The fourth-order valence-electron chi connectivity index (χ4n) is 2.52. The van der Waals surface area contributed by atoms with Crippen LogP contribution in [0.1, 0.15) is 29.2 Å². The summed E-state index contributed by atoms with van der Waals surface area (Å²) >= 11 is 0. The van der Waals surface area contributed by atoms with Gasteiger partial charge in [-0.2, -0.15) is 13.2 Å². The van der Waals surface area contributed by atoms with Crippen LogP contribution in [0.5, 0.6) is 0 Å². The molecule has 0 unspecified atom stereocenters. The molecule has 29 heavy (non-hydrogen) atoms. The van der Waals surface area contributed by atoms with E-state index >= 15 is 0 Å². The monoisotopic (exact) mass is 407 g/mol. The van der Waals surface area contributed by atoms with Gasteiger partial charge in [-0.3, -0.25) is 4.79 Å². The zero-order valence-corrected chi connectivity index (χ0v) is 15.5. The van der Waals surface area contributed by atoms with Crippen LogP contribution in [0.15, 0.2) is 60.7 Å². The highest BCUT2D eigenvalue weighted by Gasteiger charge is 2.31. The second-order valence-electron chi connectivity index (χ2n) is 6.16. The Kier molecular flexibility index (Phi) is 7.55. The van der Waals surface area contributed by atoms with Crippen molar-refractivity contribution in [3.05, 3.63) is 77.4 Å². The van der Waals surface area contributed by atoms with Crippen LogP contribution in [-0.4, -0.2) is 30.1 Å². The van der Waals surface area contributed by atoms with Crippen molar-refractivity contribution >= 4 is 18.0 Å². The molecule has 2 rings (SSSR count). The van der Waals surface area contributed by atoms with Crippen molar-refractivity contribution in [1.82, 2.24) is 5.32 Å². The summed E-state index contributed by atoms with van der Waals surface area (Å²) in [5, 5.41) is 12.5. The molecule has 0 radical (unpaired) electrons. The summed E-state index contributed by atoms with van der Waals surface area (Å²) in [6.45, 7) is 0. The number of halogens is 3. The van der Waals surface area contributed by atoms with Gasteiger partial charge in [0.25, 0.3) is 5.91 Å². The van der Waals surface area contributed by atoms with Crippen LogP contribution in [0.3, 0.4) is 0 Å². The molecule has 8 heteroatoms. The largest absolute Gasteiger partial charge is 0.467 e. The Hall–Kier alpha value is -3.13. The first-order chi connectivity index (χ1) is 13.7. The first-order valence-corrected chi connectivity index (χ1v) is 8.67. The molecule has 0 saturated carbocycles. The van der Waals surface area contributed by atoms with Gasteiger partial charge in [-0.15, -0.1) is 0 Å². The molecule has 2 atom stereocenters. The van der Waals surface area contributed by atoms with Crippen molar-refractivity contribution < 1.29 is 32.6 Å². The standard InChI is InChI=1S/C21H20F3NO4/c1-29-20(28)17(9-5-8-14-6-3-2-4-7-14)25-19(27)18(26)15-10-12-16(13-11-15)21(22,23)24/h2-8,10-13,17-18,26H,9H2,1H3,(H,25,27)/b8-5+/t17-,18+/m1/s1. The minimum atomic E-state index is -4.52. The molecule has 0 aliphatic carbocycles. The van der Waals surface area contributed by atoms with Gasteiger partial charge >= 0.3 is 12.1 Å². The molecule has 2 aromatic carbocycles. The number of ether oxygens (including phenoxy) is 1. The lowest BCUT2D eigenvalue weighted by Gasteiger charge is -2.18. The molecule has 0 spiro atoms. The van der Waals surface area contributed by atoms with Gasteiger partial charge in [0.15, 0.2) is 6.10 Å². The third kappa shape index (κ3) is 6.46. The fraction of sp³-hybridized carbons (Fsp3) is 0.238. The average Bonchev–Trinajstić information content (AvgIpc) is 2.72. The summed E-state index contributed by atoms with van der Waals surface area (Å²) < 4.78 is 42.5. The highest BCUT2D eigenvalue weighted by atomic mass is 19.4. The molecule has 0 aromatic heterocycles. The van der Waals surface area contributed by atoms with E-state index in [4.69, 9.17) is 0 Å². The number of hydrogen-bond donors (Lipinski definition) is 2. The summed E-state index contributed by atoms with van der Waals surface area (Å²) in [6.07, 6.45) is -2.72. The molecule has 0 bridgehead atoms. The molecule has 0 saturated heterocycles. The van der Waals surface area contributed by atoms with Gasteiger partial charge in [0.1, 0.15) is 6.04 Å². The van der Waals surface area contributed by atoms with Crippen molar-refractivity contribution in [3.8, 4) is 0 Å². The van der Waals surface area contributed by atoms with Gasteiger partial charge in [-0.05, 0) is 29.7 Å². The van der Waals surface area contributed by atoms with Crippen molar-refractivity contribution in [2.45, 2.75) is 24.7 Å². The predicted molar refractivity (Wildman–Crippen MR) is 100 cm³/mol. The van der Waals surface area contributed by atoms with E-state index in [1.165, 1.54) is 0 Å². The first kappa shape index (κ1) is 22.2. The molecular weight excluding hydrogens is 387 g/mol. The number of methoxy groups -OCH3 is 1. The smallest absolute Gasteiger partial charge is 0.416 e. The maximum Gasteiger partial charge on any atom is 0.416 e. The van der Waals surface area contributed by atoms with Crippen molar-refractivity contribution in [2.75, 3.05) is 7.11 Å². The molecule has 2 N–H and O–H groups in total. The third-order valence-corrected chi connectivity index (χ3v) is 4.09. The molecule has 0 heterocycles. The second-order valence-corrected chi connectivity index (χ2v) is 6.16. The Bertz CT molecular complexity index is 848. The Morgan fingerprint density at radius 2 is 1.72 bits per heavy atom. The maximum absolute atomic E-state index is 12.6. The molecule has 2 aromatic rings. The number of esters is 1. The van der Waals surface area contributed by atoms with E-state index < -0.39 is 35.8 Å². The molecule has 5 nitrogen and oxygen atoms in total. The van der Waals surface area contributed by atoms with Crippen LogP contribution in [0.4, 0.5) is 13.2 Å². The minimum absolute atomic E-state index is 0.0288. The summed E-state index contributed by atoms with van der Waals surface area (Å²) in [4.78, 5) is 24.2. The Morgan fingerprint density at radius 1 is 1.10 bits per heavy atom. The number of carbonyl (C=O) groups excluding carboxylic acids is 2. The Morgan fingerprint density at radius 3 is 2.28 bits per heavy atom. The summed E-state index contributed by atoms with van der Waals surface area (Å²) in [6, 6.07) is 11.8. The molecule has 1 amide bonds. The van der Waals surface area contributed by atoms with Crippen LogP contribution in [0.2, 0.25) is 0 Å². The maximum atomic E-state index is 12.6. The molecule has 0 fully saturated rings. The van der Waals surface area contributed by atoms with E-state index in [2.05, 4.69) is 10.1 Å². The SMILES string of the molecule is COC(=O)[C@@H](C/C=C/c1ccccc1)NC(=O)[C@@H](O)c1ccc(C(F)(F)F)cc1. The lowest BCUT2D eigenvalue weighted by atomic mass is 10.1. The van der Waals surface area contributed by atoms with E-state index in [0.717, 1.165) is 36.9 Å². The molecule has 0 aliphatic heterocycles. The van der Waals surface area contributed by atoms with Crippen LogP contribution < -0.4 is 5.32 Å². The van der Waals surface area contributed by atoms with E-state index in [1.54, 1.807) is 12.2 Å². The number of rotatable bonds is 7. The number of nitrogens with one attached hydrogen (secondary N) is 1. The fourth-order valence-corrected chi connectivity index (χ4v) is 2.52. The topological polar surface area (TPSA) is 75.6 Å². The van der Waals surface area contributed by atoms with Gasteiger partial charge in [-0.1, -0.05) is 54.6 Å².